The number of nitrogens with zero attached hydrogens (tertiary/aromatic N) is 3. The monoisotopic (exact) mass is 433 g/mol. The Labute approximate surface area is 187 Å². The number of hydrogen-bond acceptors (Lipinski definition) is 5. The first-order valence-electron chi connectivity index (χ1n) is 10.6. The highest BCUT2D eigenvalue weighted by molar-refractivity contribution is 7.99. The summed E-state index contributed by atoms with van der Waals surface area (Å²) in [7, 11) is 1.65. The van der Waals surface area contributed by atoms with Crippen molar-refractivity contribution in [2.75, 3.05) is 26.0 Å². The summed E-state index contributed by atoms with van der Waals surface area (Å²) in [5.74, 6) is 2.03. The third-order valence-corrected chi connectivity index (χ3v) is 6.59. The van der Waals surface area contributed by atoms with E-state index in [1.54, 1.807) is 7.11 Å². The van der Waals surface area contributed by atoms with Crippen molar-refractivity contribution in [2.45, 2.75) is 24.3 Å². The molecule has 5 nitrogen and oxygen atoms in total. The zero-order chi connectivity index (χ0) is 21.5. The maximum atomic E-state index is 12.6. The highest BCUT2D eigenvalue weighted by atomic mass is 32.2. The summed E-state index contributed by atoms with van der Waals surface area (Å²) in [6.45, 7) is 1.69. The molecule has 160 valence electrons. The highest BCUT2D eigenvalue weighted by Gasteiger charge is 2.23. The molecule has 1 aliphatic heterocycles. The van der Waals surface area contributed by atoms with E-state index >= 15 is 0 Å². The number of thioether (sulfide) groups is 1. The normalized spacial score (nSPS) is 14.4. The van der Waals surface area contributed by atoms with Crippen LogP contribution in [0.5, 0.6) is 5.75 Å². The van der Waals surface area contributed by atoms with Gasteiger partial charge < -0.3 is 9.64 Å². The zero-order valence-corrected chi connectivity index (χ0v) is 18.6. The fourth-order valence-corrected chi connectivity index (χ4v) is 4.61. The standard InChI is InChI=1S/C25H27N3O2S/c1-30-22-9-5-8-21(17-22)23-10-11-24(27-26-23)31-18-25(29)28-14-12-20(13-15-28)16-19-6-3-2-4-7-19/h2-11,17,20H,12-16,18H2,1H3. The van der Waals surface area contributed by atoms with Gasteiger partial charge in [0.2, 0.25) is 5.91 Å². The number of benzene rings is 2. The Kier molecular flexibility index (Phi) is 7.20. The van der Waals surface area contributed by atoms with Crippen molar-refractivity contribution in [3.63, 3.8) is 0 Å². The quantitative estimate of drug-likeness (QED) is 0.505. The molecule has 3 aromatic rings. The first-order valence-corrected chi connectivity index (χ1v) is 11.6. The molecule has 0 N–H and O–H groups in total. The number of likely N-dealkylation sites (tertiary alicyclic amines) is 1. The van der Waals surface area contributed by atoms with E-state index in [2.05, 4.69) is 40.5 Å². The number of rotatable bonds is 7. The predicted molar refractivity (Wildman–Crippen MR) is 124 cm³/mol. The Morgan fingerprint density at radius 2 is 1.84 bits per heavy atom. The fraction of sp³-hybridized carbons (Fsp3) is 0.320. The van der Waals surface area contributed by atoms with Crippen LogP contribution in [0, 0.1) is 5.92 Å². The molecule has 1 amide bonds. The summed E-state index contributed by atoms with van der Waals surface area (Å²) >= 11 is 1.45. The van der Waals surface area contributed by atoms with Crippen molar-refractivity contribution < 1.29 is 9.53 Å². The van der Waals surface area contributed by atoms with E-state index in [-0.39, 0.29) is 5.91 Å². The molecule has 1 aromatic heterocycles. The van der Waals surface area contributed by atoms with Crippen molar-refractivity contribution in [3.8, 4) is 17.0 Å². The molecular weight excluding hydrogens is 406 g/mol. The van der Waals surface area contributed by atoms with Crippen molar-refractivity contribution >= 4 is 17.7 Å². The van der Waals surface area contributed by atoms with Crippen LogP contribution in [-0.2, 0) is 11.2 Å². The van der Waals surface area contributed by atoms with E-state index in [1.807, 2.05) is 41.3 Å². The molecule has 4 rings (SSSR count). The van der Waals surface area contributed by atoms with Gasteiger partial charge in [-0.3, -0.25) is 4.79 Å². The second-order valence-corrected chi connectivity index (χ2v) is 8.79. The van der Waals surface area contributed by atoms with E-state index in [0.29, 0.717) is 11.7 Å². The first-order chi connectivity index (χ1) is 15.2. The van der Waals surface area contributed by atoms with Crippen LogP contribution >= 0.6 is 11.8 Å². The maximum Gasteiger partial charge on any atom is 0.232 e. The average molecular weight is 434 g/mol. The number of piperidine rings is 1. The van der Waals surface area contributed by atoms with Gasteiger partial charge in [0.1, 0.15) is 10.8 Å². The van der Waals surface area contributed by atoms with Gasteiger partial charge in [0, 0.05) is 18.7 Å². The second-order valence-electron chi connectivity index (χ2n) is 7.79. The Bertz CT molecular complexity index is 987. The van der Waals surface area contributed by atoms with Gasteiger partial charge >= 0.3 is 0 Å². The van der Waals surface area contributed by atoms with Gasteiger partial charge in [-0.05, 0) is 55.0 Å². The van der Waals surface area contributed by atoms with Gasteiger partial charge in [0.05, 0.1) is 18.6 Å². The Hall–Kier alpha value is -2.86. The summed E-state index contributed by atoms with van der Waals surface area (Å²) < 4.78 is 5.26. The summed E-state index contributed by atoms with van der Waals surface area (Å²) in [5, 5.41) is 9.36. The molecule has 0 saturated carbocycles. The number of amides is 1. The van der Waals surface area contributed by atoms with Gasteiger partial charge in [-0.25, -0.2) is 0 Å². The minimum absolute atomic E-state index is 0.182. The van der Waals surface area contributed by atoms with E-state index in [0.717, 1.165) is 54.4 Å². The first kappa shape index (κ1) is 21.4. The van der Waals surface area contributed by atoms with Gasteiger partial charge in [0.25, 0.3) is 0 Å². The third-order valence-electron chi connectivity index (χ3n) is 5.68. The van der Waals surface area contributed by atoms with Crippen LogP contribution in [0.4, 0.5) is 0 Å². The minimum atomic E-state index is 0.182. The lowest BCUT2D eigenvalue weighted by Gasteiger charge is -2.32. The molecule has 2 aromatic carbocycles. The van der Waals surface area contributed by atoms with Crippen molar-refractivity contribution in [1.82, 2.24) is 15.1 Å². The lowest BCUT2D eigenvalue weighted by Crippen LogP contribution is -2.39. The molecule has 1 fully saturated rings. The fourth-order valence-electron chi connectivity index (χ4n) is 3.89. The maximum absolute atomic E-state index is 12.6. The van der Waals surface area contributed by atoms with E-state index in [9.17, 15) is 4.79 Å². The van der Waals surface area contributed by atoms with Crippen LogP contribution in [0.1, 0.15) is 18.4 Å². The smallest absolute Gasteiger partial charge is 0.232 e. The largest absolute Gasteiger partial charge is 0.497 e. The molecular formula is C25H27N3O2S. The van der Waals surface area contributed by atoms with Crippen LogP contribution in [0.15, 0.2) is 71.8 Å². The number of aromatic nitrogens is 2. The van der Waals surface area contributed by atoms with E-state index in [4.69, 9.17) is 4.74 Å². The lowest BCUT2D eigenvalue weighted by molar-refractivity contribution is -0.129. The van der Waals surface area contributed by atoms with Gasteiger partial charge in [0.15, 0.2) is 0 Å². The number of methoxy groups -OCH3 is 1. The van der Waals surface area contributed by atoms with Gasteiger partial charge in [-0.1, -0.05) is 54.2 Å². The SMILES string of the molecule is COc1cccc(-c2ccc(SCC(=O)N3CCC(Cc4ccccc4)CC3)nn2)c1. The van der Waals surface area contributed by atoms with Gasteiger partial charge in [-0.15, -0.1) is 10.2 Å². The summed E-state index contributed by atoms with van der Waals surface area (Å²) in [4.78, 5) is 14.6. The average Bonchev–Trinajstić information content (AvgIpc) is 2.84. The number of carbonyl (C=O) groups is 1. The molecule has 0 spiro atoms. The molecule has 0 atom stereocenters. The van der Waals surface area contributed by atoms with Crippen molar-refractivity contribution in [3.05, 3.63) is 72.3 Å². The summed E-state index contributed by atoms with van der Waals surface area (Å²) in [6, 6.07) is 22.2. The minimum Gasteiger partial charge on any atom is -0.497 e. The molecule has 6 heteroatoms. The van der Waals surface area contributed by atoms with Crippen LogP contribution < -0.4 is 4.74 Å². The third kappa shape index (κ3) is 5.85. The van der Waals surface area contributed by atoms with Crippen LogP contribution in [0.2, 0.25) is 0 Å². The number of ether oxygens (including phenoxy) is 1. The topological polar surface area (TPSA) is 55.3 Å². The van der Waals surface area contributed by atoms with Crippen LogP contribution in [0.25, 0.3) is 11.3 Å². The molecule has 0 unspecified atom stereocenters. The molecule has 0 radical (unpaired) electrons. The molecule has 1 saturated heterocycles. The number of carbonyl (C=O) groups excluding carboxylic acids is 1. The van der Waals surface area contributed by atoms with Crippen molar-refractivity contribution in [1.29, 1.82) is 0 Å². The summed E-state index contributed by atoms with van der Waals surface area (Å²) in [6.07, 6.45) is 3.24. The molecule has 31 heavy (non-hydrogen) atoms. The van der Waals surface area contributed by atoms with Gasteiger partial charge in [-0.2, -0.15) is 0 Å². The Balaban J connectivity index is 1.24. The van der Waals surface area contributed by atoms with Crippen LogP contribution in [-0.4, -0.2) is 47.0 Å². The lowest BCUT2D eigenvalue weighted by atomic mass is 9.90. The molecule has 1 aliphatic rings. The Morgan fingerprint density at radius 1 is 1.03 bits per heavy atom. The molecule has 2 heterocycles. The van der Waals surface area contributed by atoms with Crippen molar-refractivity contribution in [2.24, 2.45) is 5.92 Å². The predicted octanol–water partition coefficient (Wildman–Crippen LogP) is 4.73. The summed E-state index contributed by atoms with van der Waals surface area (Å²) in [5.41, 5.74) is 3.13. The zero-order valence-electron chi connectivity index (χ0n) is 17.7. The Morgan fingerprint density at radius 3 is 2.55 bits per heavy atom. The highest BCUT2D eigenvalue weighted by Crippen LogP contribution is 2.25. The number of hydrogen-bond donors (Lipinski definition) is 0. The molecule has 0 aliphatic carbocycles. The van der Waals surface area contributed by atoms with E-state index < -0.39 is 0 Å². The molecule has 0 bridgehead atoms. The second kappa shape index (κ2) is 10.4. The van der Waals surface area contributed by atoms with E-state index in [1.165, 1.54) is 17.3 Å². The van der Waals surface area contributed by atoms with Crippen LogP contribution in [0.3, 0.4) is 0 Å².